The number of ether oxygens (including phenoxy) is 1. The van der Waals surface area contributed by atoms with Gasteiger partial charge in [-0.25, -0.2) is 4.57 Å². The molecule has 6 nitrogen and oxygen atoms in total. The van der Waals surface area contributed by atoms with Gasteiger partial charge >= 0.3 is 0 Å². The number of nitrogens with two attached hydrogens (primary N) is 1. The number of methoxy groups -OCH3 is 1. The largest absolute Gasteiger partial charge is 0.381 e. The van der Waals surface area contributed by atoms with Crippen LogP contribution in [0.1, 0.15) is 36.4 Å². The van der Waals surface area contributed by atoms with Crippen LogP contribution in [0.5, 0.6) is 0 Å². The molecule has 1 heterocycles. The Hall–Kier alpha value is -2.99. The highest BCUT2D eigenvalue weighted by Gasteiger charge is 2.50. The van der Waals surface area contributed by atoms with E-state index >= 15 is 0 Å². The summed E-state index contributed by atoms with van der Waals surface area (Å²) in [5, 5.41) is 4.44. The van der Waals surface area contributed by atoms with Crippen LogP contribution in [0, 0.1) is 5.92 Å². The van der Waals surface area contributed by atoms with Crippen molar-refractivity contribution in [1.82, 2.24) is 9.67 Å². The van der Waals surface area contributed by atoms with Crippen molar-refractivity contribution in [1.29, 1.82) is 0 Å². The third-order valence-corrected chi connectivity index (χ3v) is 6.41. The molecule has 0 unspecified atom stereocenters. The molecule has 30 heavy (non-hydrogen) atoms. The minimum atomic E-state index is -0.843. The smallest absolute Gasteiger partial charge is 0.266 e. The first-order chi connectivity index (χ1) is 14.7. The Morgan fingerprint density at radius 3 is 2.33 bits per heavy atom. The van der Waals surface area contributed by atoms with Crippen molar-refractivity contribution in [2.75, 3.05) is 13.7 Å². The molecule has 6 heteroatoms. The molecule has 2 N–H and O–H groups in total. The third kappa shape index (κ3) is 3.63. The number of aromatic nitrogens is 3. The first-order valence-corrected chi connectivity index (χ1v) is 10.5. The Labute approximate surface area is 177 Å². The van der Waals surface area contributed by atoms with Gasteiger partial charge in [-0.15, -0.1) is 4.68 Å². The molecule has 3 aromatic rings. The lowest BCUT2D eigenvalue weighted by molar-refractivity contribution is -0.752. The molecule has 2 aromatic carbocycles. The van der Waals surface area contributed by atoms with Gasteiger partial charge in [0.2, 0.25) is 12.2 Å². The van der Waals surface area contributed by atoms with E-state index in [1.54, 1.807) is 7.11 Å². The van der Waals surface area contributed by atoms with E-state index in [1.165, 1.54) is 0 Å². The van der Waals surface area contributed by atoms with Crippen molar-refractivity contribution in [3.63, 3.8) is 0 Å². The van der Waals surface area contributed by atoms with E-state index in [0.29, 0.717) is 6.61 Å². The standard InChI is InChI=1S/C24H28N4O2/c1-30-15-14-28-18-27(17-26-28)22-13-12-21(16-22)24(23(25)29,19-8-4-2-5-9-19)20-10-6-3-7-11-20/h2-11,17-18,21-22H,12-16H2,1H3,(H-,25,29)/p+1/t21-,22+/m0/s1. The van der Waals surface area contributed by atoms with Crippen molar-refractivity contribution in [2.24, 2.45) is 11.7 Å². The highest BCUT2D eigenvalue weighted by atomic mass is 16.5. The molecular weight excluding hydrogens is 376 g/mol. The summed E-state index contributed by atoms with van der Waals surface area (Å²) in [5.74, 6) is -0.175. The summed E-state index contributed by atoms with van der Waals surface area (Å²) in [7, 11) is 1.69. The maximum atomic E-state index is 13.2. The van der Waals surface area contributed by atoms with Gasteiger partial charge in [0.25, 0.3) is 6.33 Å². The maximum Gasteiger partial charge on any atom is 0.266 e. The fraction of sp³-hybridized carbons (Fsp3) is 0.375. The van der Waals surface area contributed by atoms with Gasteiger partial charge in [0.1, 0.15) is 18.0 Å². The summed E-state index contributed by atoms with van der Waals surface area (Å²) >= 11 is 0. The van der Waals surface area contributed by atoms with E-state index < -0.39 is 5.41 Å². The average Bonchev–Trinajstić information content (AvgIpc) is 3.44. The Kier molecular flexibility index (Phi) is 5.95. The molecule has 0 bridgehead atoms. The highest BCUT2D eigenvalue weighted by Crippen LogP contribution is 2.49. The van der Waals surface area contributed by atoms with Crippen molar-refractivity contribution < 1.29 is 14.2 Å². The minimum absolute atomic E-state index is 0.111. The van der Waals surface area contributed by atoms with Gasteiger partial charge < -0.3 is 10.5 Å². The average molecular weight is 406 g/mol. The molecule has 156 valence electrons. The van der Waals surface area contributed by atoms with Crippen LogP contribution in [0.15, 0.2) is 73.3 Å². The molecule has 0 saturated heterocycles. The summed E-state index contributed by atoms with van der Waals surface area (Å²) in [6.45, 7) is 1.35. The molecule has 1 aromatic heterocycles. The molecule has 1 saturated carbocycles. The molecule has 0 spiro atoms. The molecule has 1 aliphatic rings. The number of primary amides is 1. The summed E-state index contributed by atoms with van der Waals surface area (Å²) in [6, 6.07) is 20.3. The molecule has 4 rings (SSSR count). The van der Waals surface area contributed by atoms with Crippen molar-refractivity contribution in [3.8, 4) is 0 Å². The number of hydrogen-bond donors (Lipinski definition) is 1. The summed E-state index contributed by atoms with van der Waals surface area (Å²) < 4.78 is 9.20. The molecule has 1 amide bonds. The first kappa shape index (κ1) is 20.3. The van der Waals surface area contributed by atoms with Crippen LogP contribution in [0.2, 0.25) is 0 Å². The SMILES string of the molecule is COCC[n+]1cn([C@@H]2CC[C@H](C(C(N)=O)(c3ccccc3)c3ccccc3)C2)cn1. The molecule has 1 fully saturated rings. The van der Waals surface area contributed by atoms with Gasteiger partial charge in [-0.1, -0.05) is 60.7 Å². The number of hydrogen-bond acceptors (Lipinski definition) is 3. The summed E-state index contributed by atoms with van der Waals surface area (Å²) in [5.41, 5.74) is 7.27. The predicted molar refractivity (Wildman–Crippen MR) is 114 cm³/mol. The second-order valence-electron chi connectivity index (χ2n) is 8.02. The van der Waals surface area contributed by atoms with Gasteiger partial charge in [-0.3, -0.25) is 4.79 Å². The monoisotopic (exact) mass is 405 g/mol. The van der Waals surface area contributed by atoms with Crippen LogP contribution >= 0.6 is 0 Å². The van der Waals surface area contributed by atoms with Gasteiger partial charge in [0.05, 0.1) is 6.61 Å². The maximum absolute atomic E-state index is 13.2. The van der Waals surface area contributed by atoms with E-state index in [4.69, 9.17) is 10.5 Å². The van der Waals surface area contributed by atoms with Gasteiger partial charge in [-0.2, -0.15) is 0 Å². The van der Waals surface area contributed by atoms with Crippen molar-refractivity contribution in [3.05, 3.63) is 84.4 Å². The quantitative estimate of drug-likeness (QED) is 0.586. The number of benzene rings is 2. The number of carbonyl (C=O) groups excluding carboxylic acids is 1. The normalized spacial score (nSPS) is 19.1. The lowest BCUT2D eigenvalue weighted by atomic mass is 9.64. The van der Waals surface area contributed by atoms with Gasteiger partial charge in [0, 0.05) is 7.11 Å². The molecule has 0 radical (unpaired) electrons. The van der Waals surface area contributed by atoms with E-state index in [2.05, 4.69) is 9.67 Å². The van der Waals surface area contributed by atoms with Crippen LogP contribution in [-0.2, 0) is 21.5 Å². The van der Waals surface area contributed by atoms with E-state index in [0.717, 1.165) is 36.9 Å². The summed E-state index contributed by atoms with van der Waals surface area (Å²) in [6.07, 6.45) is 6.68. The Morgan fingerprint density at radius 2 is 1.77 bits per heavy atom. The lowest BCUT2D eigenvalue weighted by Gasteiger charge is -2.37. The predicted octanol–water partition coefficient (Wildman–Crippen LogP) is 2.63. The Bertz CT molecular complexity index is 932. The zero-order valence-electron chi connectivity index (χ0n) is 17.4. The van der Waals surface area contributed by atoms with Crippen LogP contribution < -0.4 is 10.4 Å². The first-order valence-electron chi connectivity index (χ1n) is 10.5. The van der Waals surface area contributed by atoms with Gasteiger partial charge in [0.15, 0.2) is 0 Å². The van der Waals surface area contributed by atoms with Crippen LogP contribution in [0.4, 0.5) is 0 Å². The van der Waals surface area contributed by atoms with E-state index in [9.17, 15) is 4.79 Å². The van der Waals surface area contributed by atoms with E-state index in [-0.39, 0.29) is 17.9 Å². The Balaban J connectivity index is 1.69. The summed E-state index contributed by atoms with van der Waals surface area (Å²) in [4.78, 5) is 13.2. The third-order valence-electron chi connectivity index (χ3n) is 6.41. The van der Waals surface area contributed by atoms with Gasteiger partial charge in [-0.05, 0) is 41.4 Å². The molecular formula is C24H29N4O2+. The van der Waals surface area contributed by atoms with E-state index in [1.807, 2.05) is 78.0 Å². The van der Waals surface area contributed by atoms with Crippen LogP contribution in [0.3, 0.4) is 0 Å². The number of rotatable bonds is 8. The van der Waals surface area contributed by atoms with Crippen molar-refractivity contribution >= 4 is 5.91 Å². The van der Waals surface area contributed by atoms with Crippen LogP contribution in [0.25, 0.3) is 0 Å². The number of carbonyl (C=O) groups is 1. The second kappa shape index (κ2) is 8.79. The van der Waals surface area contributed by atoms with Crippen molar-refractivity contribution in [2.45, 2.75) is 37.3 Å². The Morgan fingerprint density at radius 1 is 1.13 bits per heavy atom. The second-order valence-corrected chi connectivity index (χ2v) is 8.02. The zero-order valence-corrected chi connectivity index (χ0v) is 17.4. The fourth-order valence-electron chi connectivity index (χ4n) is 4.98. The number of nitrogens with zero attached hydrogens (tertiary/aromatic N) is 3. The van der Waals surface area contributed by atoms with Crippen LogP contribution in [-0.4, -0.2) is 29.3 Å². The lowest BCUT2D eigenvalue weighted by Crippen LogP contribution is -2.47. The minimum Gasteiger partial charge on any atom is -0.381 e. The fourth-order valence-corrected chi connectivity index (χ4v) is 4.98. The molecule has 1 aliphatic carbocycles. The molecule has 0 aliphatic heterocycles. The zero-order chi connectivity index (χ0) is 21.0. The molecule has 2 atom stereocenters. The topological polar surface area (TPSA) is 74.0 Å². The number of amides is 1. The highest BCUT2D eigenvalue weighted by molar-refractivity contribution is 5.91.